The zero-order valence-electron chi connectivity index (χ0n) is 19.2. The Bertz CT molecular complexity index is 920. The van der Waals surface area contributed by atoms with Gasteiger partial charge in [-0.3, -0.25) is 4.79 Å². The van der Waals surface area contributed by atoms with Gasteiger partial charge in [-0.1, -0.05) is 0 Å². The number of carbonyl (C=O) groups is 2. The molecular weight excluding hydrogens is 432 g/mol. The average molecular weight is 467 g/mol. The molecule has 0 unspecified atom stereocenters. The number of benzene rings is 1. The molecule has 0 atom stereocenters. The summed E-state index contributed by atoms with van der Waals surface area (Å²) in [7, 11) is -0.705. The van der Waals surface area contributed by atoms with Crippen molar-refractivity contribution in [2.24, 2.45) is 0 Å². The molecular formula is C22H34N4O5S. The molecule has 3 rings (SSSR count). The van der Waals surface area contributed by atoms with E-state index in [-0.39, 0.29) is 22.9 Å². The van der Waals surface area contributed by atoms with Crippen molar-refractivity contribution in [3.05, 3.63) is 23.8 Å². The van der Waals surface area contributed by atoms with Crippen molar-refractivity contribution in [1.29, 1.82) is 0 Å². The summed E-state index contributed by atoms with van der Waals surface area (Å²) in [5.74, 6) is -0.282. The van der Waals surface area contributed by atoms with Crippen LogP contribution in [0.25, 0.3) is 0 Å². The highest BCUT2D eigenvalue weighted by atomic mass is 32.2. The van der Waals surface area contributed by atoms with Gasteiger partial charge in [0.1, 0.15) is 0 Å². The summed E-state index contributed by atoms with van der Waals surface area (Å²) >= 11 is 0. The number of nitrogens with one attached hydrogen (secondary N) is 1. The van der Waals surface area contributed by atoms with Crippen molar-refractivity contribution in [1.82, 2.24) is 14.5 Å². The van der Waals surface area contributed by atoms with Gasteiger partial charge in [-0.2, -0.15) is 0 Å². The third-order valence-corrected chi connectivity index (χ3v) is 7.86. The van der Waals surface area contributed by atoms with Crippen LogP contribution in [0, 0.1) is 0 Å². The standard InChI is InChI=1S/C22H34N4O5S/c1-4-31-22(28)26-14-10-17(11-15-26)23-21(27)19-16-18(32(29,30)24(2)3)8-9-20(19)25-12-6-5-7-13-25/h8-9,16-17H,4-7,10-15H2,1-3H3,(H,23,27). The zero-order valence-corrected chi connectivity index (χ0v) is 20.0. The maximum Gasteiger partial charge on any atom is 0.409 e. The van der Waals surface area contributed by atoms with Gasteiger partial charge in [-0.05, 0) is 57.2 Å². The van der Waals surface area contributed by atoms with Gasteiger partial charge in [0.05, 0.1) is 17.1 Å². The number of piperidine rings is 2. The SMILES string of the molecule is CCOC(=O)N1CCC(NC(=O)c2cc(S(=O)(=O)N(C)C)ccc2N2CCCCC2)CC1. The van der Waals surface area contributed by atoms with Gasteiger partial charge in [0.15, 0.2) is 0 Å². The third-order valence-electron chi connectivity index (χ3n) is 6.04. The van der Waals surface area contributed by atoms with Crippen molar-refractivity contribution in [3.8, 4) is 0 Å². The van der Waals surface area contributed by atoms with Crippen LogP contribution in [0.1, 0.15) is 49.4 Å². The summed E-state index contributed by atoms with van der Waals surface area (Å²) in [6, 6.07) is 4.73. The second-order valence-corrected chi connectivity index (χ2v) is 10.6. The highest BCUT2D eigenvalue weighted by Crippen LogP contribution is 2.28. The van der Waals surface area contributed by atoms with E-state index in [1.54, 1.807) is 24.0 Å². The van der Waals surface area contributed by atoms with E-state index in [2.05, 4.69) is 10.2 Å². The van der Waals surface area contributed by atoms with E-state index in [4.69, 9.17) is 4.74 Å². The first-order valence-electron chi connectivity index (χ1n) is 11.3. The first-order valence-corrected chi connectivity index (χ1v) is 12.7. The van der Waals surface area contributed by atoms with Crippen LogP contribution in [-0.4, -0.2) is 82.5 Å². The number of likely N-dealkylation sites (tertiary alicyclic amines) is 1. The van der Waals surface area contributed by atoms with Crippen LogP contribution in [-0.2, 0) is 14.8 Å². The van der Waals surface area contributed by atoms with Crippen molar-refractivity contribution in [2.45, 2.75) is 50.0 Å². The number of sulfonamides is 1. The van der Waals surface area contributed by atoms with Crippen molar-refractivity contribution in [3.63, 3.8) is 0 Å². The van der Waals surface area contributed by atoms with Gasteiger partial charge in [0.25, 0.3) is 5.91 Å². The van der Waals surface area contributed by atoms with E-state index >= 15 is 0 Å². The number of rotatable bonds is 6. The summed E-state index contributed by atoms with van der Waals surface area (Å²) < 4.78 is 31.5. The van der Waals surface area contributed by atoms with Crippen LogP contribution < -0.4 is 10.2 Å². The van der Waals surface area contributed by atoms with E-state index in [1.165, 1.54) is 20.2 Å². The number of nitrogens with zero attached hydrogens (tertiary/aromatic N) is 3. The molecule has 178 valence electrons. The fourth-order valence-corrected chi connectivity index (χ4v) is 5.09. The number of anilines is 1. The van der Waals surface area contributed by atoms with Crippen molar-refractivity contribution < 1.29 is 22.7 Å². The second kappa shape index (κ2) is 10.5. The van der Waals surface area contributed by atoms with Crippen LogP contribution in [0.2, 0.25) is 0 Å². The minimum Gasteiger partial charge on any atom is -0.450 e. The predicted molar refractivity (Wildman–Crippen MR) is 122 cm³/mol. The minimum atomic E-state index is -3.66. The fraction of sp³-hybridized carbons (Fsp3) is 0.636. The molecule has 0 aromatic heterocycles. The van der Waals surface area contributed by atoms with Crippen LogP contribution in [0.5, 0.6) is 0 Å². The number of ether oxygens (including phenoxy) is 1. The monoisotopic (exact) mass is 466 g/mol. The molecule has 1 N–H and O–H groups in total. The molecule has 0 saturated carbocycles. The summed E-state index contributed by atoms with van der Waals surface area (Å²) in [5.41, 5.74) is 1.14. The number of carbonyl (C=O) groups excluding carboxylic acids is 2. The maximum atomic E-state index is 13.3. The molecule has 0 bridgehead atoms. The second-order valence-electron chi connectivity index (χ2n) is 8.45. The van der Waals surface area contributed by atoms with Crippen LogP contribution >= 0.6 is 0 Å². The van der Waals surface area contributed by atoms with Gasteiger partial charge in [-0.15, -0.1) is 0 Å². The van der Waals surface area contributed by atoms with Crippen LogP contribution in [0.4, 0.5) is 10.5 Å². The molecule has 2 amide bonds. The zero-order chi connectivity index (χ0) is 23.3. The van der Waals surface area contributed by atoms with Gasteiger partial charge < -0.3 is 19.9 Å². The predicted octanol–water partition coefficient (Wildman–Crippen LogP) is 2.28. The molecule has 1 aromatic rings. The molecule has 10 heteroatoms. The van der Waals surface area contributed by atoms with Crippen LogP contribution in [0.15, 0.2) is 23.1 Å². The van der Waals surface area contributed by atoms with Gasteiger partial charge >= 0.3 is 6.09 Å². The minimum absolute atomic E-state index is 0.0866. The molecule has 2 aliphatic rings. The lowest BCUT2D eigenvalue weighted by Crippen LogP contribution is -2.47. The Morgan fingerprint density at radius 3 is 2.34 bits per heavy atom. The molecule has 2 heterocycles. The number of hydrogen-bond donors (Lipinski definition) is 1. The van der Waals surface area contributed by atoms with Gasteiger partial charge in [-0.25, -0.2) is 17.5 Å². The first kappa shape index (κ1) is 24.3. The van der Waals surface area contributed by atoms with Gasteiger partial charge in [0, 0.05) is 52.0 Å². The molecule has 0 spiro atoms. The summed E-state index contributed by atoms with van der Waals surface area (Å²) in [6.45, 7) is 4.82. The average Bonchev–Trinajstić information content (AvgIpc) is 2.79. The molecule has 0 radical (unpaired) electrons. The quantitative estimate of drug-likeness (QED) is 0.691. The molecule has 2 saturated heterocycles. The topological polar surface area (TPSA) is 99.3 Å². The molecule has 2 aliphatic heterocycles. The van der Waals surface area contributed by atoms with E-state index in [0.717, 1.165) is 42.3 Å². The lowest BCUT2D eigenvalue weighted by molar-refractivity contribution is 0.0860. The highest BCUT2D eigenvalue weighted by molar-refractivity contribution is 7.89. The Hall–Kier alpha value is -2.33. The van der Waals surface area contributed by atoms with Crippen LogP contribution in [0.3, 0.4) is 0 Å². The normalized spacial score (nSPS) is 18.0. The maximum absolute atomic E-state index is 13.3. The molecule has 2 fully saturated rings. The van der Waals surface area contributed by atoms with Gasteiger partial charge in [0.2, 0.25) is 10.0 Å². The Labute approximate surface area is 190 Å². The summed E-state index contributed by atoms with van der Waals surface area (Å²) in [4.78, 5) is 29.1. The van der Waals surface area contributed by atoms with E-state index < -0.39 is 10.0 Å². The van der Waals surface area contributed by atoms with E-state index in [9.17, 15) is 18.0 Å². The smallest absolute Gasteiger partial charge is 0.409 e. The molecule has 1 aromatic carbocycles. The Morgan fingerprint density at radius 2 is 1.75 bits per heavy atom. The Morgan fingerprint density at radius 1 is 1.09 bits per heavy atom. The Balaban J connectivity index is 1.79. The lowest BCUT2D eigenvalue weighted by atomic mass is 10.0. The van der Waals surface area contributed by atoms with Crippen molar-refractivity contribution in [2.75, 3.05) is 51.8 Å². The lowest BCUT2D eigenvalue weighted by Gasteiger charge is -2.33. The number of hydrogen-bond acceptors (Lipinski definition) is 6. The first-order chi connectivity index (χ1) is 15.2. The summed E-state index contributed by atoms with van der Waals surface area (Å²) in [6.07, 6.45) is 4.17. The molecule has 9 nitrogen and oxygen atoms in total. The summed E-state index contributed by atoms with van der Waals surface area (Å²) in [5, 5.41) is 3.06. The highest BCUT2D eigenvalue weighted by Gasteiger charge is 2.28. The fourth-order valence-electron chi connectivity index (χ4n) is 4.16. The Kier molecular flexibility index (Phi) is 8.00. The molecule has 0 aliphatic carbocycles. The van der Waals surface area contributed by atoms with E-state index in [0.29, 0.717) is 38.1 Å². The molecule has 32 heavy (non-hydrogen) atoms. The largest absolute Gasteiger partial charge is 0.450 e. The number of amides is 2. The third kappa shape index (κ3) is 5.53. The van der Waals surface area contributed by atoms with Crippen molar-refractivity contribution >= 4 is 27.7 Å². The van der Waals surface area contributed by atoms with E-state index in [1.807, 2.05) is 0 Å².